The molecule has 0 aliphatic carbocycles. The van der Waals surface area contributed by atoms with E-state index in [1.165, 1.54) is 0 Å². The molecule has 3 nitrogen and oxygen atoms in total. The van der Waals surface area contributed by atoms with Crippen molar-refractivity contribution in [2.24, 2.45) is 5.92 Å². The van der Waals surface area contributed by atoms with Crippen molar-refractivity contribution >= 4 is 0 Å². The van der Waals surface area contributed by atoms with Crippen LogP contribution in [0.3, 0.4) is 0 Å². The second kappa shape index (κ2) is 3.04. The van der Waals surface area contributed by atoms with E-state index in [4.69, 9.17) is 10.4 Å². The smallest absolute Gasteiger partial charge is 0.108 e. The quantitative estimate of drug-likeness (QED) is 0.657. The lowest BCUT2D eigenvalue weighted by atomic mass is 9.85. The average Bonchev–Trinajstić information content (AvgIpc) is 1.97. The first-order valence-corrected chi connectivity index (χ1v) is 4.35. The first-order chi connectivity index (χ1) is 5.50. The molecule has 1 N–H and O–H groups in total. The Morgan fingerprint density at radius 1 is 1.58 bits per heavy atom. The topological polar surface area (TPSA) is 47.3 Å². The molecule has 1 rings (SSSR count). The van der Waals surface area contributed by atoms with Gasteiger partial charge in [-0.2, -0.15) is 5.26 Å². The number of aliphatic hydroxyl groups is 1. The van der Waals surface area contributed by atoms with Gasteiger partial charge in [0.2, 0.25) is 0 Å². The summed E-state index contributed by atoms with van der Waals surface area (Å²) in [4.78, 5) is 2.03. The van der Waals surface area contributed by atoms with Crippen molar-refractivity contribution in [3.05, 3.63) is 0 Å². The lowest BCUT2D eigenvalue weighted by molar-refractivity contribution is -0.0560. The van der Waals surface area contributed by atoms with Crippen molar-refractivity contribution in [2.75, 3.05) is 13.1 Å². The van der Waals surface area contributed by atoms with Crippen LogP contribution in [0, 0.1) is 17.2 Å². The minimum absolute atomic E-state index is 0.226. The highest BCUT2D eigenvalue weighted by atomic mass is 16.3. The van der Waals surface area contributed by atoms with Gasteiger partial charge in [-0.15, -0.1) is 0 Å². The summed E-state index contributed by atoms with van der Waals surface area (Å²) in [5, 5.41) is 18.1. The molecule has 0 bridgehead atoms. The largest absolute Gasteiger partial charge is 0.390 e. The van der Waals surface area contributed by atoms with Crippen molar-refractivity contribution in [3.8, 4) is 6.07 Å². The Bertz CT molecular complexity index is 203. The van der Waals surface area contributed by atoms with E-state index in [9.17, 15) is 0 Å². The fourth-order valence-electron chi connectivity index (χ4n) is 1.40. The van der Waals surface area contributed by atoms with Gasteiger partial charge in [0.25, 0.3) is 0 Å². The molecule has 0 radical (unpaired) electrons. The average molecular weight is 168 g/mol. The summed E-state index contributed by atoms with van der Waals surface area (Å²) in [6.07, 6.45) is -0.226. The van der Waals surface area contributed by atoms with Gasteiger partial charge in [0.05, 0.1) is 12.2 Å². The van der Waals surface area contributed by atoms with Gasteiger partial charge >= 0.3 is 0 Å². The van der Waals surface area contributed by atoms with E-state index in [0.29, 0.717) is 19.0 Å². The Morgan fingerprint density at radius 3 is 2.33 bits per heavy atom. The van der Waals surface area contributed by atoms with E-state index in [1.807, 2.05) is 25.7 Å². The minimum Gasteiger partial charge on any atom is -0.390 e. The highest BCUT2D eigenvalue weighted by Gasteiger charge is 2.41. The van der Waals surface area contributed by atoms with E-state index >= 15 is 0 Å². The second-order valence-corrected chi connectivity index (χ2v) is 3.97. The molecule has 0 spiro atoms. The second-order valence-electron chi connectivity index (χ2n) is 3.97. The number of nitriles is 1. The lowest BCUT2D eigenvalue weighted by Crippen LogP contribution is -2.62. The molecule has 1 aliphatic rings. The summed E-state index contributed by atoms with van der Waals surface area (Å²) in [5.41, 5.74) is -0.404. The zero-order valence-electron chi connectivity index (χ0n) is 7.91. The Balaban J connectivity index is 2.64. The summed E-state index contributed by atoms with van der Waals surface area (Å²) in [6.45, 7) is 7.29. The van der Waals surface area contributed by atoms with E-state index in [-0.39, 0.29) is 6.10 Å². The molecule has 0 aromatic heterocycles. The molecule has 1 atom stereocenters. The summed E-state index contributed by atoms with van der Waals surface area (Å²) in [5.74, 6) is 0.301. The van der Waals surface area contributed by atoms with Crippen LogP contribution in [0.5, 0.6) is 0 Å². The van der Waals surface area contributed by atoms with Crippen LogP contribution in [0.2, 0.25) is 0 Å². The van der Waals surface area contributed by atoms with Gasteiger partial charge in [0, 0.05) is 13.1 Å². The first kappa shape index (κ1) is 9.50. The minimum atomic E-state index is -0.404. The standard InChI is InChI=1S/C9H16N2O/c1-7(2)9(3,6-10)11-4-8(12)5-11/h7-8,12H,4-5H2,1-3H3/t9-/m1/s1. The molecule has 0 saturated carbocycles. The third-order valence-electron chi connectivity index (χ3n) is 2.87. The molecule has 1 fully saturated rings. The number of aliphatic hydroxyl groups excluding tert-OH is 1. The van der Waals surface area contributed by atoms with Gasteiger partial charge in [-0.25, -0.2) is 0 Å². The van der Waals surface area contributed by atoms with Crippen molar-refractivity contribution in [3.63, 3.8) is 0 Å². The van der Waals surface area contributed by atoms with Crippen molar-refractivity contribution < 1.29 is 5.11 Å². The monoisotopic (exact) mass is 168 g/mol. The normalized spacial score (nSPS) is 24.7. The highest BCUT2D eigenvalue weighted by Crippen LogP contribution is 2.28. The zero-order valence-corrected chi connectivity index (χ0v) is 7.91. The maximum absolute atomic E-state index is 9.11. The molecular weight excluding hydrogens is 152 g/mol. The van der Waals surface area contributed by atoms with E-state index < -0.39 is 5.54 Å². The maximum atomic E-state index is 9.11. The van der Waals surface area contributed by atoms with Gasteiger partial charge in [-0.3, -0.25) is 4.90 Å². The van der Waals surface area contributed by atoms with Gasteiger partial charge in [-0.1, -0.05) is 13.8 Å². The number of rotatable bonds is 2. The van der Waals surface area contributed by atoms with Crippen molar-refractivity contribution in [1.82, 2.24) is 4.90 Å². The molecule has 1 heterocycles. The summed E-state index contributed by atoms with van der Waals surface area (Å²) >= 11 is 0. The number of hydrogen-bond donors (Lipinski definition) is 1. The van der Waals surface area contributed by atoms with E-state index in [0.717, 1.165) is 0 Å². The van der Waals surface area contributed by atoms with Crippen LogP contribution >= 0.6 is 0 Å². The van der Waals surface area contributed by atoms with Gasteiger partial charge in [0.1, 0.15) is 5.54 Å². The Hall–Kier alpha value is -0.590. The van der Waals surface area contributed by atoms with Gasteiger partial charge in [-0.05, 0) is 12.8 Å². The molecule has 0 amide bonds. The van der Waals surface area contributed by atoms with Gasteiger partial charge in [0.15, 0.2) is 0 Å². The van der Waals surface area contributed by atoms with Gasteiger partial charge < -0.3 is 5.11 Å². The number of likely N-dealkylation sites (tertiary alicyclic amines) is 1. The van der Waals surface area contributed by atoms with E-state index in [1.54, 1.807) is 0 Å². The Kier molecular flexibility index (Phi) is 2.41. The van der Waals surface area contributed by atoms with Crippen LogP contribution in [0.4, 0.5) is 0 Å². The molecule has 1 aliphatic heterocycles. The van der Waals surface area contributed by atoms with Crippen molar-refractivity contribution in [1.29, 1.82) is 5.26 Å². The molecule has 12 heavy (non-hydrogen) atoms. The molecular formula is C9H16N2O. The van der Waals surface area contributed by atoms with Crippen LogP contribution in [0.25, 0.3) is 0 Å². The third-order valence-corrected chi connectivity index (χ3v) is 2.87. The summed E-state index contributed by atoms with van der Waals surface area (Å²) < 4.78 is 0. The fraction of sp³-hybridized carbons (Fsp3) is 0.889. The predicted molar refractivity (Wildman–Crippen MR) is 46.4 cm³/mol. The summed E-state index contributed by atoms with van der Waals surface area (Å²) in [6, 6.07) is 2.32. The van der Waals surface area contributed by atoms with Crippen molar-refractivity contribution in [2.45, 2.75) is 32.4 Å². The first-order valence-electron chi connectivity index (χ1n) is 4.35. The molecule has 0 aromatic rings. The summed E-state index contributed by atoms with van der Waals surface area (Å²) in [7, 11) is 0. The fourth-order valence-corrected chi connectivity index (χ4v) is 1.40. The Morgan fingerprint density at radius 2 is 2.08 bits per heavy atom. The van der Waals surface area contributed by atoms with Crippen LogP contribution in [0.1, 0.15) is 20.8 Å². The van der Waals surface area contributed by atoms with Crippen LogP contribution in [-0.2, 0) is 0 Å². The zero-order chi connectivity index (χ0) is 9.35. The maximum Gasteiger partial charge on any atom is 0.108 e. The highest BCUT2D eigenvalue weighted by molar-refractivity contribution is 5.10. The van der Waals surface area contributed by atoms with Crippen LogP contribution in [0.15, 0.2) is 0 Å². The lowest BCUT2D eigenvalue weighted by Gasteiger charge is -2.47. The molecule has 68 valence electrons. The number of β-amino-alcohol motifs (C(OH)–C–C–N with tert-alkyl or cyclic N) is 1. The molecule has 3 heteroatoms. The van der Waals surface area contributed by atoms with Crippen LogP contribution < -0.4 is 0 Å². The SMILES string of the molecule is CC(C)[C@@](C)(C#N)N1CC(O)C1. The number of nitrogens with zero attached hydrogens (tertiary/aromatic N) is 2. The molecule has 0 aromatic carbocycles. The third kappa shape index (κ3) is 1.33. The Labute approximate surface area is 73.6 Å². The molecule has 1 saturated heterocycles. The van der Waals surface area contributed by atoms with E-state index in [2.05, 4.69) is 6.07 Å². The molecule has 0 unspecified atom stereocenters. The number of hydrogen-bond acceptors (Lipinski definition) is 3. The predicted octanol–water partition coefficient (Wildman–Crippen LogP) is 0.601. The van der Waals surface area contributed by atoms with Crippen LogP contribution in [-0.4, -0.2) is 34.7 Å².